The molecule has 1 amide bonds. The fourth-order valence-corrected chi connectivity index (χ4v) is 1.76. The molecule has 0 aliphatic carbocycles. The van der Waals surface area contributed by atoms with Crippen molar-refractivity contribution >= 4 is 5.91 Å². The van der Waals surface area contributed by atoms with Gasteiger partial charge in [0.15, 0.2) is 0 Å². The molecule has 2 N–H and O–H groups in total. The van der Waals surface area contributed by atoms with E-state index in [0.29, 0.717) is 13.0 Å². The van der Waals surface area contributed by atoms with Crippen molar-refractivity contribution in [2.45, 2.75) is 6.42 Å². The third-order valence-electron chi connectivity index (χ3n) is 2.77. The summed E-state index contributed by atoms with van der Waals surface area (Å²) >= 11 is 0. The lowest BCUT2D eigenvalue weighted by Gasteiger charge is -2.06. The summed E-state index contributed by atoms with van der Waals surface area (Å²) in [4.78, 5) is 11.6. The lowest BCUT2D eigenvalue weighted by Crippen LogP contribution is -2.31. The highest BCUT2D eigenvalue weighted by molar-refractivity contribution is 5.78. The summed E-state index contributed by atoms with van der Waals surface area (Å²) in [5.41, 5.74) is 1.99. The zero-order valence-electron chi connectivity index (χ0n) is 11.0. The van der Waals surface area contributed by atoms with Crippen LogP contribution in [0.5, 0.6) is 0 Å². The van der Waals surface area contributed by atoms with E-state index >= 15 is 0 Å². The van der Waals surface area contributed by atoms with Crippen LogP contribution in [0.1, 0.15) is 5.56 Å². The van der Waals surface area contributed by atoms with Crippen molar-refractivity contribution in [3.63, 3.8) is 0 Å². The van der Waals surface area contributed by atoms with Gasteiger partial charge in [-0.15, -0.1) is 0 Å². The van der Waals surface area contributed by atoms with Gasteiger partial charge in [0.2, 0.25) is 5.91 Å². The molecule has 0 atom stereocenters. The Hall–Kier alpha value is -2.14. The maximum atomic E-state index is 11.6. The highest BCUT2D eigenvalue weighted by atomic mass is 16.1. The maximum absolute atomic E-state index is 11.6. The Bertz CT molecular complexity index is 505. The molecule has 0 aliphatic rings. The number of hydrogen-bond donors (Lipinski definition) is 2. The summed E-state index contributed by atoms with van der Waals surface area (Å²) in [7, 11) is 1.86. The number of nitrogens with one attached hydrogen (secondary N) is 2. The Balaban J connectivity index is 1.90. The first-order valence-corrected chi connectivity index (χ1v) is 6.30. The van der Waals surface area contributed by atoms with Crippen molar-refractivity contribution in [1.82, 2.24) is 20.4 Å². The average Bonchev–Trinajstić information content (AvgIpc) is 2.94. The molecule has 1 aromatic carbocycles. The Kier molecular flexibility index (Phi) is 4.69. The quantitative estimate of drug-likeness (QED) is 0.752. The molecule has 0 spiro atoms. The molecule has 19 heavy (non-hydrogen) atoms. The van der Waals surface area contributed by atoms with Crippen molar-refractivity contribution in [2.75, 3.05) is 20.1 Å². The predicted molar refractivity (Wildman–Crippen MR) is 74.2 cm³/mol. The van der Waals surface area contributed by atoms with Gasteiger partial charge in [0, 0.05) is 25.5 Å². The zero-order valence-corrected chi connectivity index (χ0v) is 11.0. The minimum atomic E-state index is 0.0436. The molecular weight excluding hydrogens is 240 g/mol. The van der Waals surface area contributed by atoms with Gasteiger partial charge < -0.3 is 10.6 Å². The van der Waals surface area contributed by atoms with Gasteiger partial charge in [-0.3, -0.25) is 4.79 Å². The molecule has 0 radical (unpaired) electrons. The van der Waals surface area contributed by atoms with E-state index in [4.69, 9.17) is 0 Å². The number of hydrogen-bond acceptors (Lipinski definition) is 3. The summed E-state index contributed by atoms with van der Waals surface area (Å²) in [5.74, 6) is 0.0436. The summed E-state index contributed by atoms with van der Waals surface area (Å²) in [6.07, 6.45) is 4.03. The van der Waals surface area contributed by atoms with E-state index in [9.17, 15) is 4.79 Å². The van der Waals surface area contributed by atoms with Gasteiger partial charge in [-0.2, -0.15) is 5.10 Å². The monoisotopic (exact) mass is 258 g/mol. The first-order chi connectivity index (χ1) is 9.29. The second-order valence-corrected chi connectivity index (χ2v) is 4.25. The summed E-state index contributed by atoms with van der Waals surface area (Å²) in [5, 5.41) is 10.00. The number of carbonyl (C=O) groups is 1. The number of nitrogens with zero attached hydrogens (tertiary/aromatic N) is 2. The molecule has 5 heteroatoms. The van der Waals surface area contributed by atoms with Crippen molar-refractivity contribution in [1.29, 1.82) is 0 Å². The van der Waals surface area contributed by atoms with Gasteiger partial charge in [-0.1, -0.05) is 12.1 Å². The van der Waals surface area contributed by atoms with Gasteiger partial charge >= 0.3 is 0 Å². The van der Waals surface area contributed by atoms with E-state index in [2.05, 4.69) is 15.7 Å². The van der Waals surface area contributed by atoms with Gasteiger partial charge in [0.1, 0.15) is 0 Å². The molecule has 0 fully saturated rings. The summed E-state index contributed by atoms with van der Waals surface area (Å²) < 4.78 is 1.79. The van der Waals surface area contributed by atoms with E-state index in [1.54, 1.807) is 10.9 Å². The first-order valence-electron chi connectivity index (χ1n) is 6.30. The first kappa shape index (κ1) is 13.3. The standard InChI is InChI=1S/C14H18N4O/c1-15-8-9-16-14(19)11-12-3-5-13(6-4-12)18-10-2-7-17-18/h2-7,10,15H,8-9,11H2,1H3,(H,16,19). The van der Waals surface area contributed by atoms with E-state index < -0.39 is 0 Å². The fraction of sp³-hybridized carbons (Fsp3) is 0.286. The van der Waals surface area contributed by atoms with E-state index in [-0.39, 0.29) is 5.91 Å². The molecule has 2 aromatic rings. The second kappa shape index (κ2) is 6.70. The normalized spacial score (nSPS) is 10.4. The number of aromatic nitrogens is 2. The SMILES string of the molecule is CNCCNC(=O)Cc1ccc(-n2cccn2)cc1. The third kappa shape index (κ3) is 3.93. The van der Waals surface area contributed by atoms with E-state index in [1.165, 1.54) is 0 Å². The Labute approximate surface area is 112 Å². The van der Waals surface area contributed by atoms with Gasteiger partial charge in [-0.25, -0.2) is 4.68 Å². The van der Waals surface area contributed by atoms with Gasteiger partial charge in [-0.05, 0) is 30.8 Å². The van der Waals surface area contributed by atoms with Crippen molar-refractivity contribution in [2.24, 2.45) is 0 Å². The van der Waals surface area contributed by atoms with Crippen LogP contribution in [0.2, 0.25) is 0 Å². The van der Waals surface area contributed by atoms with Crippen LogP contribution in [0, 0.1) is 0 Å². The van der Waals surface area contributed by atoms with Crippen LogP contribution in [0.15, 0.2) is 42.7 Å². The lowest BCUT2D eigenvalue weighted by atomic mass is 10.1. The minimum absolute atomic E-state index is 0.0436. The molecule has 1 aromatic heterocycles. The Morgan fingerprint density at radius 3 is 2.68 bits per heavy atom. The topological polar surface area (TPSA) is 58.9 Å². The van der Waals surface area contributed by atoms with Crippen molar-refractivity contribution in [3.8, 4) is 5.69 Å². The van der Waals surface area contributed by atoms with Crippen LogP contribution >= 0.6 is 0 Å². The summed E-state index contributed by atoms with van der Waals surface area (Å²) in [6.45, 7) is 1.44. The zero-order chi connectivity index (χ0) is 13.5. The molecule has 2 rings (SSSR count). The molecule has 0 aliphatic heterocycles. The molecule has 5 nitrogen and oxygen atoms in total. The number of carbonyl (C=O) groups excluding carboxylic acids is 1. The molecule has 0 bridgehead atoms. The maximum Gasteiger partial charge on any atom is 0.224 e. The van der Waals surface area contributed by atoms with Crippen LogP contribution in [-0.4, -0.2) is 35.8 Å². The second-order valence-electron chi connectivity index (χ2n) is 4.25. The molecule has 0 saturated heterocycles. The van der Waals surface area contributed by atoms with Crippen LogP contribution in [-0.2, 0) is 11.2 Å². The summed E-state index contributed by atoms with van der Waals surface area (Å²) in [6, 6.07) is 9.71. The van der Waals surface area contributed by atoms with Gasteiger partial charge in [0.05, 0.1) is 12.1 Å². The fourth-order valence-electron chi connectivity index (χ4n) is 1.76. The van der Waals surface area contributed by atoms with Gasteiger partial charge in [0.25, 0.3) is 0 Å². The van der Waals surface area contributed by atoms with Crippen molar-refractivity contribution < 1.29 is 4.79 Å². The highest BCUT2D eigenvalue weighted by Crippen LogP contribution is 2.08. The van der Waals surface area contributed by atoms with Crippen molar-refractivity contribution in [3.05, 3.63) is 48.3 Å². The number of amides is 1. The van der Waals surface area contributed by atoms with Crippen LogP contribution in [0.25, 0.3) is 5.69 Å². The average molecular weight is 258 g/mol. The minimum Gasteiger partial charge on any atom is -0.355 e. The smallest absolute Gasteiger partial charge is 0.224 e. The largest absolute Gasteiger partial charge is 0.355 e. The molecule has 1 heterocycles. The van der Waals surface area contributed by atoms with E-state index in [0.717, 1.165) is 17.8 Å². The van der Waals surface area contributed by atoms with Crippen LogP contribution < -0.4 is 10.6 Å². The van der Waals surface area contributed by atoms with Crippen LogP contribution in [0.4, 0.5) is 0 Å². The predicted octanol–water partition coefficient (Wildman–Crippen LogP) is 0.750. The molecular formula is C14H18N4O. The number of benzene rings is 1. The molecule has 100 valence electrons. The molecule has 0 saturated carbocycles. The van der Waals surface area contributed by atoms with E-state index in [1.807, 2.05) is 43.6 Å². The lowest BCUT2D eigenvalue weighted by molar-refractivity contribution is -0.120. The third-order valence-corrected chi connectivity index (χ3v) is 2.77. The highest BCUT2D eigenvalue weighted by Gasteiger charge is 2.03. The number of rotatable bonds is 6. The Morgan fingerprint density at radius 2 is 2.05 bits per heavy atom. The molecule has 0 unspecified atom stereocenters. The Morgan fingerprint density at radius 1 is 1.26 bits per heavy atom. The van der Waals surface area contributed by atoms with Crippen LogP contribution in [0.3, 0.4) is 0 Å². The number of likely N-dealkylation sites (N-methyl/N-ethyl adjacent to an activating group) is 1.